The van der Waals surface area contributed by atoms with Crippen LogP contribution in [0.4, 0.5) is 0 Å². The molecule has 0 spiro atoms. The molecule has 0 amide bonds. The SMILES string of the molecule is CSC1(Cn2cncc2CNC(C)(C)C)CC1. The van der Waals surface area contributed by atoms with Gasteiger partial charge >= 0.3 is 0 Å². The first-order chi connectivity index (χ1) is 7.94. The van der Waals surface area contributed by atoms with Crippen LogP contribution in [0.2, 0.25) is 0 Å². The van der Waals surface area contributed by atoms with E-state index in [0.717, 1.165) is 13.1 Å². The van der Waals surface area contributed by atoms with Gasteiger partial charge in [0.2, 0.25) is 0 Å². The summed E-state index contributed by atoms with van der Waals surface area (Å²) in [5.41, 5.74) is 1.45. The molecule has 2 rings (SSSR count). The van der Waals surface area contributed by atoms with Crippen molar-refractivity contribution in [1.29, 1.82) is 0 Å². The summed E-state index contributed by atoms with van der Waals surface area (Å²) in [6, 6.07) is 0. The largest absolute Gasteiger partial charge is 0.332 e. The van der Waals surface area contributed by atoms with Crippen LogP contribution in [-0.2, 0) is 13.1 Å². The molecule has 1 aromatic heterocycles. The van der Waals surface area contributed by atoms with Gasteiger partial charge in [0.15, 0.2) is 0 Å². The molecule has 3 nitrogen and oxygen atoms in total. The first-order valence-corrected chi connectivity index (χ1v) is 7.46. The van der Waals surface area contributed by atoms with E-state index in [1.165, 1.54) is 18.5 Å². The smallest absolute Gasteiger partial charge is 0.0949 e. The van der Waals surface area contributed by atoms with Crippen LogP contribution in [0.25, 0.3) is 0 Å². The number of thioether (sulfide) groups is 1. The number of hydrogen-bond acceptors (Lipinski definition) is 3. The maximum Gasteiger partial charge on any atom is 0.0949 e. The minimum atomic E-state index is 0.159. The van der Waals surface area contributed by atoms with Crippen LogP contribution in [0.5, 0.6) is 0 Å². The van der Waals surface area contributed by atoms with E-state index < -0.39 is 0 Å². The van der Waals surface area contributed by atoms with Crippen molar-refractivity contribution in [2.45, 2.75) is 57.0 Å². The molecule has 96 valence electrons. The Bertz CT molecular complexity index is 374. The van der Waals surface area contributed by atoms with E-state index in [0.29, 0.717) is 4.75 Å². The zero-order valence-electron chi connectivity index (χ0n) is 11.3. The summed E-state index contributed by atoms with van der Waals surface area (Å²) in [5.74, 6) is 0. The van der Waals surface area contributed by atoms with Crippen LogP contribution >= 0.6 is 11.8 Å². The molecular formula is C13H23N3S. The van der Waals surface area contributed by atoms with Crippen molar-refractivity contribution in [2.75, 3.05) is 6.26 Å². The van der Waals surface area contributed by atoms with Crippen LogP contribution in [0.1, 0.15) is 39.3 Å². The monoisotopic (exact) mass is 253 g/mol. The predicted molar refractivity (Wildman–Crippen MR) is 74.3 cm³/mol. The van der Waals surface area contributed by atoms with Crippen molar-refractivity contribution in [3.05, 3.63) is 18.2 Å². The Balaban J connectivity index is 1.97. The lowest BCUT2D eigenvalue weighted by molar-refractivity contribution is 0.415. The molecule has 17 heavy (non-hydrogen) atoms. The van der Waals surface area contributed by atoms with E-state index in [-0.39, 0.29) is 5.54 Å². The molecule has 1 saturated carbocycles. The highest BCUT2D eigenvalue weighted by Crippen LogP contribution is 2.48. The average Bonchev–Trinajstić information content (AvgIpc) is 2.87. The van der Waals surface area contributed by atoms with Crippen LogP contribution in [-0.4, -0.2) is 26.1 Å². The quantitative estimate of drug-likeness (QED) is 0.875. The Morgan fingerprint density at radius 2 is 2.18 bits per heavy atom. The Labute approximate surface area is 108 Å². The lowest BCUT2D eigenvalue weighted by Crippen LogP contribution is -2.35. The van der Waals surface area contributed by atoms with E-state index in [9.17, 15) is 0 Å². The molecule has 1 heterocycles. The minimum Gasteiger partial charge on any atom is -0.332 e. The molecule has 1 aromatic rings. The van der Waals surface area contributed by atoms with Crippen LogP contribution in [0.15, 0.2) is 12.5 Å². The third kappa shape index (κ3) is 3.49. The molecular weight excluding hydrogens is 230 g/mol. The molecule has 0 unspecified atom stereocenters. The average molecular weight is 253 g/mol. The van der Waals surface area contributed by atoms with Crippen molar-refractivity contribution in [3.8, 4) is 0 Å². The van der Waals surface area contributed by atoms with Gasteiger partial charge in [-0.25, -0.2) is 4.98 Å². The highest BCUT2D eigenvalue weighted by Gasteiger charge is 2.42. The zero-order valence-corrected chi connectivity index (χ0v) is 12.1. The van der Waals surface area contributed by atoms with Gasteiger partial charge < -0.3 is 9.88 Å². The van der Waals surface area contributed by atoms with Gasteiger partial charge in [-0.15, -0.1) is 0 Å². The summed E-state index contributed by atoms with van der Waals surface area (Å²) in [6.45, 7) is 8.58. The van der Waals surface area contributed by atoms with Crippen molar-refractivity contribution < 1.29 is 0 Å². The summed E-state index contributed by atoms with van der Waals surface area (Å²) < 4.78 is 2.80. The van der Waals surface area contributed by atoms with E-state index >= 15 is 0 Å². The Kier molecular flexibility index (Phi) is 3.55. The van der Waals surface area contributed by atoms with Gasteiger partial charge in [-0.3, -0.25) is 0 Å². The van der Waals surface area contributed by atoms with E-state index in [1.807, 2.05) is 24.3 Å². The third-order valence-electron chi connectivity index (χ3n) is 3.30. The molecule has 1 fully saturated rings. The Hall–Kier alpha value is -0.480. The molecule has 4 heteroatoms. The number of nitrogens with one attached hydrogen (secondary N) is 1. The fraction of sp³-hybridized carbons (Fsp3) is 0.769. The number of nitrogens with zero attached hydrogens (tertiary/aromatic N) is 2. The summed E-state index contributed by atoms with van der Waals surface area (Å²) in [4.78, 5) is 4.28. The van der Waals surface area contributed by atoms with Crippen molar-refractivity contribution >= 4 is 11.8 Å². The third-order valence-corrected chi connectivity index (χ3v) is 4.70. The van der Waals surface area contributed by atoms with Gasteiger partial charge in [0.1, 0.15) is 0 Å². The molecule has 0 atom stereocenters. The normalized spacial score (nSPS) is 18.4. The Morgan fingerprint density at radius 3 is 2.71 bits per heavy atom. The van der Waals surface area contributed by atoms with E-state index in [4.69, 9.17) is 0 Å². The fourth-order valence-electron chi connectivity index (χ4n) is 1.87. The van der Waals surface area contributed by atoms with Gasteiger partial charge in [-0.1, -0.05) is 0 Å². The highest BCUT2D eigenvalue weighted by atomic mass is 32.2. The number of imidazole rings is 1. The summed E-state index contributed by atoms with van der Waals surface area (Å²) in [6.07, 6.45) is 8.86. The maximum absolute atomic E-state index is 4.28. The van der Waals surface area contributed by atoms with Crippen molar-refractivity contribution in [1.82, 2.24) is 14.9 Å². The minimum absolute atomic E-state index is 0.159. The first kappa shape index (κ1) is 13.0. The Morgan fingerprint density at radius 1 is 1.47 bits per heavy atom. The zero-order chi connectivity index (χ0) is 12.5. The molecule has 0 radical (unpaired) electrons. The fourth-order valence-corrected chi connectivity index (χ4v) is 2.65. The molecule has 0 saturated heterocycles. The summed E-state index contributed by atoms with van der Waals surface area (Å²) in [5, 5.41) is 3.52. The van der Waals surface area contributed by atoms with Crippen LogP contribution in [0, 0.1) is 0 Å². The van der Waals surface area contributed by atoms with E-state index in [1.54, 1.807) is 0 Å². The van der Waals surface area contributed by atoms with Crippen molar-refractivity contribution in [3.63, 3.8) is 0 Å². The molecule has 0 aromatic carbocycles. The van der Waals surface area contributed by atoms with Crippen LogP contribution < -0.4 is 5.32 Å². The number of hydrogen-bond donors (Lipinski definition) is 1. The molecule has 1 aliphatic rings. The van der Waals surface area contributed by atoms with Gasteiger partial charge in [0.25, 0.3) is 0 Å². The molecule has 1 aliphatic carbocycles. The number of rotatable bonds is 5. The maximum atomic E-state index is 4.28. The summed E-state index contributed by atoms with van der Waals surface area (Å²) in [7, 11) is 0. The van der Waals surface area contributed by atoms with Gasteiger partial charge in [0, 0.05) is 29.6 Å². The van der Waals surface area contributed by atoms with Gasteiger partial charge in [0.05, 0.1) is 12.0 Å². The standard InChI is InChI=1S/C13H23N3S/c1-12(2,3)15-8-11-7-14-10-16(11)9-13(17-4)5-6-13/h7,10,15H,5-6,8-9H2,1-4H3. The van der Waals surface area contributed by atoms with Gasteiger partial charge in [-0.05, 0) is 39.9 Å². The molecule has 0 aliphatic heterocycles. The highest BCUT2D eigenvalue weighted by molar-refractivity contribution is 8.00. The lowest BCUT2D eigenvalue weighted by atomic mass is 10.1. The second-order valence-electron chi connectivity index (χ2n) is 6.00. The van der Waals surface area contributed by atoms with Crippen molar-refractivity contribution in [2.24, 2.45) is 0 Å². The summed E-state index contributed by atoms with van der Waals surface area (Å²) >= 11 is 2.00. The second kappa shape index (κ2) is 4.65. The van der Waals surface area contributed by atoms with Crippen LogP contribution in [0.3, 0.4) is 0 Å². The number of aromatic nitrogens is 2. The molecule has 0 bridgehead atoms. The predicted octanol–water partition coefficient (Wildman–Crippen LogP) is 2.67. The first-order valence-electron chi connectivity index (χ1n) is 6.23. The van der Waals surface area contributed by atoms with Gasteiger partial charge in [-0.2, -0.15) is 11.8 Å². The molecule has 1 N–H and O–H groups in total. The lowest BCUT2D eigenvalue weighted by Gasteiger charge is -2.22. The topological polar surface area (TPSA) is 29.9 Å². The van der Waals surface area contributed by atoms with E-state index in [2.05, 4.69) is 41.9 Å². The second-order valence-corrected chi connectivity index (χ2v) is 7.28.